The van der Waals surface area contributed by atoms with Crippen LogP contribution in [0.5, 0.6) is 0 Å². The van der Waals surface area contributed by atoms with E-state index >= 15 is 0 Å². The molecule has 1 rings (SSSR count). The fraction of sp³-hybridized carbons (Fsp3) is 0. The van der Waals surface area contributed by atoms with Crippen molar-refractivity contribution in [3.63, 3.8) is 0 Å². The molecule has 0 atom stereocenters. The van der Waals surface area contributed by atoms with E-state index in [1.165, 1.54) is 12.1 Å². The monoisotopic (exact) mass is 235 g/mol. The molecule has 0 aliphatic rings. The summed E-state index contributed by atoms with van der Waals surface area (Å²) in [6.45, 7) is 0. The third kappa shape index (κ3) is 1.98. The molecule has 0 amide bonds. The van der Waals surface area contributed by atoms with E-state index in [0.717, 1.165) is 0 Å². The Bertz CT molecular complexity index is 384. The fourth-order valence-corrected chi connectivity index (χ4v) is 1.53. The van der Waals surface area contributed by atoms with Crippen molar-refractivity contribution in [2.24, 2.45) is 0 Å². The first kappa shape index (κ1) is 11.3. The van der Waals surface area contributed by atoms with Gasteiger partial charge in [-0.1, -0.05) is 29.3 Å². The molecule has 2 N–H and O–H groups in total. The molecular formula is C6H4BCl2NO4. The van der Waals surface area contributed by atoms with E-state index < -0.39 is 17.7 Å². The van der Waals surface area contributed by atoms with Gasteiger partial charge in [0.1, 0.15) is 10.0 Å². The average molecular weight is 236 g/mol. The molecule has 74 valence electrons. The van der Waals surface area contributed by atoms with Gasteiger partial charge in [-0.3, -0.25) is 10.1 Å². The van der Waals surface area contributed by atoms with Gasteiger partial charge in [-0.2, -0.15) is 0 Å². The molecule has 0 bridgehead atoms. The quantitative estimate of drug-likeness (QED) is 0.446. The highest BCUT2D eigenvalue weighted by Crippen LogP contribution is 2.30. The number of halogens is 2. The number of hydrogen-bond donors (Lipinski definition) is 2. The lowest BCUT2D eigenvalue weighted by atomic mass is 9.80. The molecule has 0 unspecified atom stereocenters. The van der Waals surface area contributed by atoms with Gasteiger partial charge in [-0.25, -0.2) is 0 Å². The summed E-state index contributed by atoms with van der Waals surface area (Å²) >= 11 is 11.1. The van der Waals surface area contributed by atoms with Crippen LogP contribution in [0.3, 0.4) is 0 Å². The van der Waals surface area contributed by atoms with Crippen LogP contribution >= 0.6 is 23.2 Å². The maximum atomic E-state index is 10.5. The number of rotatable bonds is 2. The number of nitro benzene ring substituents is 1. The van der Waals surface area contributed by atoms with Crippen LogP contribution in [0.15, 0.2) is 12.1 Å². The Morgan fingerprint density at radius 2 is 1.93 bits per heavy atom. The van der Waals surface area contributed by atoms with Crippen LogP contribution < -0.4 is 5.46 Å². The molecule has 8 heteroatoms. The Morgan fingerprint density at radius 1 is 1.36 bits per heavy atom. The molecule has 1 aromatic rings. The number of hydrogen-bond acceptors (Lipinski definition) is 4. The average Bonchev–Trinajstić information content (AvgIpc) is 2.02. The summed E-state index contributed by atoms with van der Waals surface area (Å²) in [5.41, 5.74) is -0.679. The zero-order chi connectivity index (χ0) is 10.9. The SMILES string of the molecule is O=[N+]([O-])c1c(Cl)ccc(B(O)O)c1Cl. The van der Waals surface area contributed by atoms with E-state index in [9.17, 15) is 10.1 Å². The van der Waals surface area contributed by atoms with Crippen molar-refractivity contribution < 1.29 is 15.0 Å². The molecule has 0 radical (unpaired) electrons. The maximum absolute atomic E-state index is 10.5. The van der Waals surface area contributed by atoms with Gasteiger partial charge in [0.15, 0.2) is 0 Å². The maximum Gasteiger partial charge on any atom is 0.490 e. The molecule has 0 saturated carbocycles. The smallest absolute Gasteiger partial charge is 0.423 e. The second kappa shape index (κ2) is 4.14. The summed E-state index contributed by atoms with van der Waals surface area (Å²) in [4.78, 5) is 9.71. The largest absolute Gasteiger partial charge is 0.490 e. The lowest BCUT2D eigenvalue weighted by Gasteiger charge is -2.03. The van der Waals surface area contributed by atoms with Gasteiger partial charge in [0.05, 0.1) is 4.92 Å². The van der Waals surface area contributed by atoms with E-state index in [2.05, 4.69) is 0 Å². The van der Waals surface area contributed by atoms with Crippen LogP contribution in [0.2, 0.25) is 10.0 Å². The van der Waals surface area contributed by atoms with Crippen molar-refractivity contribution in [2.75, 3.05) is 0 Å². The van der Waals surface area contributed by atoms with Crippen LogP contribution in [-0.4, -0.2) is 22.1 Å². The van der Waals surface area contributed by atoms with Gasteiger partial charge in [-0.15, -0.1) is 0 Å². The normalized spacial score (nSPS) is 10.0. The van der Waals surface area contributed by atoms with Gasteiger partial charge in [0, 0.05) is 5.46 Å². The predicted molar refractivity (Wildman–Crippen MR) is 52.9 cm³/mol. The van der Waals surface area contributed by atoms with E-state index in [-0.39, 0.29) is 15.5 Å². The molecule has 0 fully saturated rings. The summed E-state index contributed by atoms with van der Waals surface area (Å²) in [6.07, 6.45) is 0. The summed E-state index contributed by atoms with van der Waals surface area (Å²) in [7, 11) is -1.86. The molecule has 0 aromatic heterocycles. The van der Waals surface area contributed by atoms with E-state index in [0.29, 0.717) is 0 Å². The zero-order valence-corrected chi connectivity index (χ0v) is 8.16. The second-order valence-corrected chi connectivity index (χ2v) is 3.22. The van der Waals surface area contributed by atoms with Gasteiger partial charge in [0.2, 0.25) is 0 Å². The molecule has 14 heavy (non-hydrogen) atoms. The second-order valence-electron chi connectivity index (χ2n) is 2.43. The summed E-state index contributed by atoms with van der Waals surface area (Å²) in [5.74, 6) is 0. The first-order valence-corrected chi connectivity index (χ1v) is 4.19. The molecule has 0 spiro atoms. The van der Waals surface area contributed by atoms with Crippen LogP contribution in [0.1, 0.15) is 0 Å². The van der Waals surface area contributed by atoms with Crippen molar-refractivity contribution in [1.82, 2.24) is 0 Å². The molecule has 5 nitrogen and oxygen atoms in total. The van der Waals surface area contributed by atoms with Crippen molar-refractivity contribution in [2.45, 2.75) is 0 Å². The lowest BCUT2D eigenvalue weighted by Crippen LogP contribution is -2.31. The van der Waals surface area contributed by atoms with E-state index in [1.54, 1.807) is 0 Å². The summed E-state index contributed by atoms with van der Waals surface area (Å²) < 4.78 is 0. The van der Waals surface area contributed by atoms with Crippen LogP contribution in [0.4, 0.5) is 5.69 Å². The van der Waals surface area contributed by atoms with Crippen LogP contribution in [0.25, 0.3) is 0 Å². The first-order chi connectivity index (χ1) is 6.45. The molecule has 1 aromatic carbocycles. The van der Waals surface area contributed by atoms with E-state index in [1.807, 2.05) is 0 Å². The highest BCUT2D eigenvalue weighted by molar-refractivity contribution is 6.63. The van der Waals surface area contributed by atoms with Gasteiger partial charge in [0.25, 0.3) is 0 Å². The topological polar surface area (TPSA) is 83.6 Å². The minimum absolute atomic E-state index is 0.149. The predicted octanol–water partition coefficient (Wildman–Crippen LogP) is 0.581. The van der Waals surface area contributed by atoms with E-state index in [4.69, 9.17) is 33.2 Å². The fourth-order valence-electron chi connectivity index (χ4n) is 0.923. The Hall–Kier alpha value is -0.815. The minimum atomic E-state index is -1.86. The van der Waals surface area contributed by atoms with Gasteiger partial charge >= 0.3 is 12.8 Å². The molecule has 0 saturated heterocycles. The van der Waals surface area contributed by atoms with Gasteiger partial charge in [-0.05, 0) is 6.07 Å². The first-order valence-electron chi connectivity index (χ1n) is 3.43. The Morgan fingerprint density at radius 3 is 2.36 bits per heavy atom. The van der Waals surface area contributed by atoms with Crippen LogP contribution in [0, 0.1) is 10.1 Å². The minimum Gasteiger partial charge on any atom is -0.423 e. The van der Waals surface area contributed by atoms with Crippen molar-refractivity contribution in [1.29, 1.82) is 0 Å². The Labute approximate surface area is 89.2 Å². The summed E-state index contributed by atoms with van der Waals surface area (Å²) in [5, 5.41) is 27.6. The zero-order valence-electron chi connectivity index (χ0n) is 6.65. The highest BCUT2D eigenvalue weighted by atomic mass is 35.5. The van der Waals surface area contributed by atoms with Crippen molar-refractivity contribution >= 4 is 41.5 Å². The number of nitrogens with zero attached hydrogens (tertiary/aromatic N) is 1. The summed E-state index contributed by atoms with van der Waals surface area (Å²) in [6, 6.07) is 2.39. The lowest BCUT2D eigenvalue weighted by molar-refractivity contribution is -0.384. The standard InChI is InChI=1S/C6H4BCl2NO4/c8-4-2-1-3(7(11)12)5(9)6(4)10(13)14/h1-2,11-12H. The molecule has 0 aliphatic heterocycles. The third-order valence-electron chi connectivity index (χ3n) is 1.56. The number of nitro groups is 1. The van der Waals surface area contributed by atoms with Crippen LogP contribution in [-0.2, 0) is 0 Å². The Balaban J connectivity index is 3.41. The Kier molecular flexibility index (Phi) is 3.33. The number of benzene rings is 1. The third-order valence-corrected chi connectivity index (χ3v) is 2.26. The van der Waals surface area contributed by atoms with Crippen molar-refractivity contribution in [3.8, 4) is 0 Å². The van der Waals surface area contributed by atoms with Gasteiger partial charge < -0.3 is 10.0 Å². The molecule has 0 heterocycles. The molecular weight excluding hydrogens is 232 g/mol. The highest BCUT2D eigenvalue weighted by Gasteiger charge is 2.25. The van der Waals surface area contributed by atoms with Crippen molar-refractivity contribution in [3.05, 3.63) is 32.3 Å². The molecule has 0 aliphatic carbocycles.